The van der Waals surface area contributed by atoms with Gasteiger partial charge in [-0.2, -0.15) is 8.78 Å². The predicted octanol–water partition coefficient (Wildman–Crippen LogP) is 5.47. The summed E-state index contributed by atoms with van der Waals surface area (Å²) >= 11 is 2.67. The highest BCUT2D eigenvalue weighted by atomic mass is 32.2. The molecule has 0 aliphatic heterocycles. The number of aliphatic hydroxyl groups is 1. The fourth-order valence-electron chi connectivity index (χ4n) is 3.31. The highest BCUT2D eigenvalue weighted by molar-refractivity contribution is 8.01. The van der Waals surface area contributed by atoms with Gasteiger partial charge in [-0.15, -0.1) is 11.3 Å². The number of ketones is 1. The SMILES string of the molecule is C[C@@](O)(C/C=C/[C@@H]1CCC(=O)[C@@H]1CCSc1nc(C(=O)O)cs1)CCC(F)=C(F)F. The Kier molecular flexibility index (Phi) is 9.11. The van der Waals surface area contributed by atoms with Gasteiger partial charge in [0.1, 0.15) is 5.78 Å². The van der Waals surface area contributed by atoms with E-state index in [0.29, 0.717) is 29.4 Å². The minimum atomic E-state index is -2.36. The molecule has 1 saturated carbocycles. The molecule has 166 valence electrons. The summed E-state index contributed by atoms with van der Waals surface area (Å²) in [6.07, 6.45) is 2.59. The molecule has 2 N–H and O–H groups in total. The van der Waals surface area contributed by atoms with Gasteiger partial charge in [0.15, 0.2) is 15.9 Å². The number of carboxylic acid groups (broad SMARTS) is 1. The molecule has 0 spiro atoms. The number of carboxylic acids is 1. The molecule has 3 atom stereocenters. The van der Waals surface area contributed by atoms with Crippen LogP contribution in [-0.4, -0.2) is 38.3 Å². The van der Waals surface area contributed by atoms with E-state index in [9.17, 15) is 27.9 Å². The van der Waals surface area contributed by atoms with Gasteiger partial charge in [-0.3, -0.25) is 4.79 Å². The molecular weight excluding hydrogens is 439 g/mol. The molecule has 1 aliphatic carbocycles. The van der Waals surface area contributed by atoms with Crippen molar-refractivity contribution >= 4 is 34.9 Å². The molecule has 1 heterocycles. The zero-order chi connectivity index (χ0) is 22.3. The van der Waals surface area contributed by atoms with Gasteiger partial charge < -0.3 is 10.2 Å². The van der Waals surface area contributed by atoms with E-state index < -0.39 is 29.9 Å². The molecule has 10 heteroatoms. The van der Waals surface area contributed by atoms with Crippen LogP contribution in [0.5, 0.6) is 0 Å². The molecule has 1 fully saturated rings. The van der Waals surface area contributed by atoms with E-state index in [1.165, 1.54) is 35.4 Å². The number of aromatic carboxylic acids is 1. The third kappa shape index (κ3) is 7.55. The summed E-state index contributed by atoms with van der Waals surface area (Å²) in [6, 6.07) is 0. The maximum absolute atomic E-state index is 12.9. The quantitative estimate of drug-likeness (QED) is 0.334. The minimum absolute atomic E-state index is 0.0110. The second kappa shape index (κ2) is 11.1. The Morgan fingerprint density at radius 2 is 2.17 bits per heavy atom. The molecule has 1 aromatic rings. The summed E-state index contributed by atoms with van der Waals surface area (Å²) in [5.41, 5.74) is -1.30. The summed E-state index contributed by atoms with van der Waals surface area (Å²) in [5, 5.41) is 20.6. The number of hydrogen-bond donors (Lipinski definition) is 2. The molecule has 2 rings (SSSR count). The van der Waals surface area contributed by atoms with Crippen molar-refractivity contribution in [3.63, 3.8) is 0 Å². The summed E-state index contributed by atoms with van der Waals surface area (Å²) in [5.74, 6) is -1.90. The van der Waals surface area contributed by atoms with Gasteiger partial charge in [-0.05, 0) is 38.5 Å². The van der Waals surface area contributed by atoms with Gasteiger partial charge in [0.2, 0.25) is 0 Å². The minimum Gasteiger partial charge on any atom is -0.476 e. The molecule has 0 aromatic carbocycles. The second-order valence-electron chi connectivity index (χ2n) is 7.51. The lowest BCUT2D eigenvalue weighted by Gasteiger charge is -2.21. The lowest BCUT2D eigenvalue weighted by Crippen LogP contribution is -2.23. The van der Waals surface area contributed by atoms with Gasteiger partial charge in [0.25, 0.3) is 0 Å². The topological polar surface area (TPSA) is 87.5 Å². The predicted molar refractivity (Wildman–Crippen MR) is 110 cm³/mol. The van der Waals surface area contributed by atoms with Crippen molar-refractivity contribution in [2.45, 2.75) is 55.4 Å². The van der Waals surface area contributed by atoms with Gasteiger partial charge in [-0.25, -0.2) is 14.2 Å². The van der Waals surface area contributed by atoms with Crippen molar-refractivity contribution in [1.82, 2.24) is 4.98 Å². The van der Waals surface area contributed by atoms with Gasteiger partial charge in [0, 0.05) is 29.9 Å². The van der Waals surface area contributed by atoms with Crippen molar-refractivity contribution < 1.29 is 33.0 Å². The van der Waals surface area contributed by atoms with E-state index in [4.69, 9.17) is 5.11 Å². The number of halogens is 3. The lowest BCUT2D eigenvalue weighted by atomic mass is 9.90. The number of thioether (sulfide) groups is 1. The molecule has 0 bridgehead atoms. The van der Waals surface area contributed by atoms with Crippen molar-refractivity contribution in [1.29, 1.82) is 0 Å². The number of carbonyl (C=O) groups is 2. The number of carbonyl (C=O) groups excluding carboxylic acids is 1. The number of hydrogen-bond acceptors (Lipinski definition) is 6. The number of Topliss-reactive ketones (excluding diaryl/α,β-unsaturated/α-hetero) is 1. The van der Waals surface area contributed by atoms with E-state index in [-0.39, 0.29) is 36.2 Å². The summed E-state index contributed by atoms with van der Waals surface area (Å²) < 4.78 is 37.8. The molecule has 0 amide bonds. The van der Waals surface area contributed by atoms with Crippen LogP contribution >= 0.6 is 23.1 Å². The molecule has 30 heavy (non-hydrogen) atoms. The number of thiazole rings is 1. The van der Waals surface area contributed by atoms with Gasteiger partial charge in [0.05, 0.1) is 5.60 Å². The number of nitrogens with zero attached hydrogens (tertiary/aromatic N) is 1. The fraction of sp³-hybridized carbons (Fsp3) is 0.550. The lowest BCUT2D eigenvalue weighted by molar-refractivity contribution is -0.121. The third-order valence-corrected chi connectivity index (χ3v) is 7.09. The van der Waals surface area contributed by atoms with E-state index in [1.54, 1.807) is 6.08 Å². The molecule has 1 aliphatic rings. The molecule has 0 saturated heterocycles. The smallest absolute Gasteiger partial charge is 0.355 e. The zero-order valence-electron chi connectivity index (χ0n) is 16.4. The van der Waals surface area contributed by atoms with Crippen molar-refractivity contribution in [3.05, 3.63) is 35.1 Å². The van der Waals surface area contributed by atoms with E-state index >= 15 is 0 Å². The molecule has 0 radical (unpaired) electrons. The average molecular weight is 464 g/mol. The maximum atomic E-state index is 12.9. The Bertz CT molecular complexity index is 819. The third-order valence-electron chi connectivity index (χ3n) is 5.04. The Morgan fingerprint density at radius 1 is 1.43 bits per heavy atom. The van der Waals surface area contributed by atoms with Crippen molar-refractivity contribution in [2.24, 2.45) is 11.8 Å². The van der Waals surface area contributed by atoms with Gasteiger partial charge in [-0.1, -0.05) is 23.9 Å². The highest BCUT2D eigenvalue weighted by Gasteiger charge is 2.32. The van der Waals surface area contributed by atoms with Gasteiger partial charge >= 0.3 is 12.0 Å². The highest BCUT2D eigenvalue weighted by Crippen LogP contribution is 2.35. The number of aromatic nitrogens is 1. The van der Waals surface area contributed by atoms with Crippen molar-refractivity contribution in [2.75, 3.05) is 5.75 Å². The number of allylic oxidation sites excluding steroid dienone is 2. The van der Waals surface area contributed by atoms with Crippen LogP contribution in [0.15, 0.2) is 33.8 Å². The summed E-state index contributed by atoms with van der Waals surface area (Å²) in [4.78, 5) is 27.1. The Labute approximate surface area is 181 Å². The van der Waals surface area contributed by atoms with Crippen LogP contribution in [0.3, 0.4) is 0 Å². The Balaban J connectivity index is 1.83. The molecule has 1 aromatic heterocycles. The first-order valence-corrected chi connectivity index (χ1v) is 11.4. The first-order valence-electron chi connectivity index (χ1n) is 9.52. The first kappa shape index (κ1) is 24.6. The molecule has 0 unspecified atom stereocenters. The van der Waals surface area contributed by atoms with Crippen LogP contribution in [0.25, 0.3) is 0 Å². The summed E-state index contributed by atoms with van der Waals surface area (Å²) in [6.45, 7) is 1.47. The summed E-state index contributed by atoms with van der Waals surface area (Å²) in [7, 11) is 0. The van der Waals surface area contributed by atoms with E-state index in [1.807, 2.05) is 6.08 Å². The standard InChI is InChI=1S/C20H24F3NO4S2/c1-20(28,9-6-14(21)17(22)23)8-2-3-12-4-5-16(25)13(12)7-10-29-19-24-15(11-30-19)18(26)27/h2-3,11-13,28H,4-10H2,1H3,(H,26,27)/b3-2+/t12-,13-,20-/m1/s1. The van der Waals surface area contributed by atoms with E-state index in [0.717, 1.165) is 0 Å². The van der Waals surface area contributed by atoms with Crippen LogP contribution in [0.4, 0.5) is 13.2 Å². The first-order chi connectivity index (χ1) is 14.1. The van der Waals surface area contributed by atoms with Crippen LogP contribution in [-0.2, 0) is 4.79 Å². The maximum Gasteiger partial charge on any atom is 0.355 e. The van der Waals surface area contributed by atoms with Crippen molar-refractivity contribution in [3.8, 4) is 0 Å². The Hall–Kier alpha value is -1.65. The van der Waals surface area contributed by atoms with Crippen LogP contribution < -0.4 is 0 Å². The largest absolute Gasteiger partial charge is 0.476 e. The number of rotatable bonds is 11. The second-order valence-corrected chi connectivity index (χ2v) is 9.71. The molecular formula is C20H24F3NO4S2. The van der Waals surface area contributed by atoms with E-state index in [2.05, 4.69) is 4.98 Å². The monoisotopic (exact) mass is 463 g/mol. The van der Waals surface area contributed by atoms with Crippen LogP contribution in [0.1, 0.15) is 55.9 Å². The Morgan fingerprint density at radius 3 is 2.80 bits per heavy atom. The average Bonchev–Trinajstić information content (AvgIpc) is 3.28. The fourth-order valence-corrected chi connectivity index (χ4v) is 5.20. The normalized spacial score (nSPS) is 21.2. The van der Waals surface area contributed by atoms with Crippen LogP contribution in [0.2, 0.25) is 0 Å². The zero-order valence-corrected chi connectivity index (χ0v) is 18.1. The molecule has 5 nitrogen and oxygen atoms in total. The van der Waals surface area contributed by atoms with Crippen LogP contribution in [0, 0.1) is 11.8 Å².